The first-order chi connectivity index (χ1) is 11.5. The van der Waals surface area contributed by atoms with Gasteiger partial charge in [0, 0.05) is 31.8 Å². The quantitative estimate of drug-likeness (QED) is 0.788. The molecule has 1 atom stereocenters. The zero-order chi connectivity index (χ0) is 18.8. The summed E-state index contributed by atoms with van der Waals surface area (Å²) in [6.07, 6.45) is -0.0580. The lowest BCUT2D eigenvalue weighted by Crippen LogP contribution is -2.44. The van der Waals surface area contributed by atoms with Crippen molar-refractivity contribution in [3.05, 3.63) is 0 Å². The van der Waals surface area contributed by atoms with Crippen molar-refractivity contribution in [2.45, 2.75) is 71.3 Å². The van der Waals surface area contributed by atoms with Gasteiger partial charge < -0.3 is 10.4 Å². The van der Waals surface area contributed by atoms with Crippen LogP contribution < -0.4 is 5.32 Å². The normalized spacial score (nSPS) is 22.7. The van der Waals surface area contributed by atoms with Gasteiger partial charge in [-0.3, -0.25) is 4.79 Å². The Hall–Kier alpha value is -1.73. The summed E-state index contributed by atoms with van der Waals surface area (Å²) in [4.78, 5) is 23.2. The van der Waals surface area contributed by atoms with Crippen LogP contribution >= 0.6 is 0 Å². The van der Waals surface area contributed by atoms with Crippen LogP contribution in [-0.4, -0.2) is 46.3 Å². The molecule has 2 rings (SSSR count). The molecule has 0 aromatic rings. The minimum Gasteiger partial charge on any atom is -0.465 e. The second-order valence-electron chi connectivity index (χ2n) is 8.19. The van der Waals surface area contributed by atoms with Crippen LogP contribution in [0.2, 0.25) is 0 Å². The first-order valence-corrected chi connectivity index (χ1v) is 8.70. The second kappa shape index (κ2) is 7.25. The Labute approximate surface area is 146 Å². The lowest BCUT2D eigenvalue weighted by atomic mass is 9.83. The average Bonchev–Trinajstić information content (AvgIpc) is 2.79. The molecule has 1 unspecified atom stereocenters. The van der Waals surface area contributed by atoms with E-state index < -0.39 is 12.0 Å². The van der Waals surface area contributed by atoms with E-state index in [0.29, 0.717) is 31.5 Å². The zero-order valence-corrected chi connectivity index (χ0v) is 15.0. The number of carbonyl (C=O) groups is 2. The minimum atomic E-state index is -2.58. The van der Waals surface area contributed by atoms with Crippen molar-refractivity contribution < 1.29 is 23.5 Å². The predicted octanol–water partition coefficient (Wildman–Crippen LogP) is 3.47. The summed E-state index contributed by atoms with van der Waals surface area (Å²) in [6, 6.07) is -0.357. The molecule has 1 aliphatic heterocycles. The number of nitrogens with one attached hydrogen (secondary N) is 1. The molecule has 0 bridgehead atoms. The molecule has 0 aromatic carbocycles. The van der Waals surface area contributed by atoms with E-state index in [1.54, 1.807) is 0 Å². The number of hydrogen-bond donors (Lipinski definition) is 2. The van der Waals surface area contributed by atoms with Crippen LogP contribution in [0.15, 0.2) is 5.10 Å². The third-order valence-electron chi connectivity index (χ3n) is 4.96. The molecule has 2 amide bonds. The van der Waals surface area contributed by atoms with Crippen molar-refractivity contribution >= 4 is 17.7 Å². The van der Waals surface area contributed by atoms with Crippen LogP contribution in [0.1, 0.15) is 59.3 Å². The smallest absolute Gasteiger partial charge is 0.404 e. The summed E-state index contributed by atoms with van der Waals surface area (Å²) < 4.78 is 26.5. The Morgan fingerprint density at radius 3 is 2.52 bits per heavy atom. The Bertz CT molecular complexity index is 548. The van der Waals surface area contributed by atoms with Crippen molar-refractivity contribution in [1.82, 2.24) is 10.3 Å². The molecule has 142 valence electrons. The van der Waals surface area contributed by atoms with Crippen LogP contribution in [-0.2, 0) is 4.79 Å². The number of amides is 2. The van der Waals surface area contributed by atoms with Gasteiger partial charge in [0.2, 0.25) is 11.8 Å². The third-order valence-corrected chi connectivity index (χ3v) is 4.96. The van der Waals surface area contributed by atoms with Gasteiger partial charge in [-0.2, -0.15) is 5.10 Å². The molecule has 2 N–H and O–H groups in total. The van der Waals surface area contributed by atoms with Crippen molar-refractivity contribution in [2.75, 3.05) is 6.54 Å². The fourth-order valence-electron chi connectivity index (χ4n) is 3.27. The molecule has 0 spiro atoms. The van der Waals surface area contributed by atoms with E-state index in [1.807, 2.05) is 20.8 Å². The number of rotatable bonds is 5. The molecule has 1 fully saturated rings. The van der Waals surface area contributed by atoms with Gasteiger partial charge >= 0.3 is 6.09 Å². The highest BCUT2D eigenvalue weighted by Crippen LogP contribution is 2.36. The summed E-state index contributed by atoms with van der Waals surface area (Å²) in [5, 5.41) is 17.2. The molecule has 0 saturated heterocycles. The lowest BCUT2D eigenvalue weighted by molar-refractivity contribution is -0.129. The highest BCUT2D eigenvalue weighted by atomic mass is 19.3. The van der Waals surface area contributed by atoms with E-state index in [-0.39, 0.29) is 42.5 Å². The van der Waals surface area contributed by atoms with Gasteiger partial charge in [-0.1, -0.05) is 20.8 Å². The van der Waals surface area contributed by atoms with E-state index >= 15 is 0 Å². The SMILES string of the molecule is CC(C)(C)C(CC1=NN(CC2CCC(F)(F)CC2)C(=O)C1)NC(=O)O. The first-order valence-electron chi connectivity index (χ1n) is 8.70. The summed E-state index contributed by atoms with van der Waals surface area (Å²) in [5.41, 5.74) is 0.326. The van der Waals surface area contributed by atoms with Crippen molar-refractivity contribution in [3.63, 3.8) is 0 Å². The Balaban J connectivity index is 1.95. The Morgan fingerprint density at radius 1 is 1.40 bits per heavy atom. The molecule has 1 aliphatic carbocycles. The summed E-state index contributed by atoms with van der Waals surface area (Å²) in [6.45, 7) is 6.13. The fraction of sp³-hybridized carbons (Fsp3) is 0.824. The van der Waals surface area contributed by atoms with E-state index in [0.717, 1.165) is 0 Å². The van der Waals surface area contributed by atoms with Gasteiger partial charge in [-0.05, 0) is 24.2 Å². The molecule has 8 heteroatoms. The molecule has 0 radical (unpaired) electrons. The predicted molar refractivity (Wildman–Crippen MR) is 89.7 cm³/mol. The van der Waals surface area contributed by atoms with E-state index in [4.69, 9.17) is 5.11 Å². The van der Waals surface area contributed by atoms with Gasteiger partial charge in [0.05, 0.1) is 12.1 Å². The minimum absolute atomic E-state index is 0.0437. The maximum Gasteiger partial charge on any atom is 0.404 e. The van der Waals surface area contributed by atoms with Crippen LogP contribution in [0, 0.1) is 11.3 Å². The van der Waals surface area contributed by atoms with Crippen LogP contribution in [0.3, 0.4) is 0 Å². The summed E-state index contributed by atoms with van der Waals surface area (Å²) in [5.74, 6) is -2.68. The summed E-state index contributed by atoms with van der Waals surface area (Å²) >= 11 is 0. The van der Waals surface area contributed by atoms with Crippen LogP contribution in [0.4, 0.5) is 13.6 Å². The molecular weight excluding hydrogens is 332 g/mol. The molecule has 0 aromatic heterocycles. The third kappa shape index (κ3) is 5.64. The maximum atomic E-state index is 13.2. The van der Waals surface area contributed by atoms with E-state index in [1.165, 1.54) is 5.01 Å². The number of hydrogen-bond acceptors (Lipinski definition) is 3. The molecule has 2 aliphatic rings. The van der Waals surface area contributed by atoms with E-state index in [2.05, 4.69) is 10.4 Å². The first kappa shape index (κ1) is 19.6. The van der Waals surface area contributed by atoms with Gasteiger partial charge in [0.25, 0.3) is 0 Å². The molecule has 1 saturated carbocycles. The molecule has 25 heavy (non-hydrogen) atoms. The highest BCUT2D eigenvalue weighted by Gasteiger charge is 2.37. The highest BCUT2D eigenvalue weighted by molar-refractivity contribution is 6.05. The van der Waals surface area contributed by atoms with Crippen molar-refractivity contribution in [2.24, 2.45) is 16.4 Å². The number of carbonyl (C=O) groups excluding carboxylic acids is 1. The fourth-order valence-corrected chi connectivity index (χ4v) is 3.27. The zero-order valence-electron chi connectivity index (χ0n) is 15.0. The monoisotopic (exact) mass is 359 g/mol. The lowest BCUT2D eigenvalue weighted by Gasteiger charge is -2.30. The standard InChI is InChI=1S/C17H27F2N3O3/c1-16(2,3)13(20-15(24)25)8-12-9-14(23)22(21-12)10-11-4-6-17(18,19)7-5-11/h11,13,20H,4-10H2,1-3H3,(H,24,25). The van der Waals surface area contributed by atoms with Gasteiger partial charge in [0.1, 0.15) is 0 Å². The number of alkyl halides is 2. The molecular formula is C17H27F2N3O3. The molecule has 1 heterocycles. The average molecular weight is 359 g/mol. The number of halogens is 2. The van der Waals surface area contributed by atoms with Crippen LogP contribution in [0.25, 0.3) is 0 Å². The Kier molecular flexibility index (Phi) is 5.68. The van der Waals surface area contributed by atoms with Crippen molar-refractivity contribution in [3.8, 4) is 0 Å². The topological polar surface area (TPSA) is 82.0 Å². The molecule has 6 nitrogen and oxygen atoms in total. The van der Waals surface area contributed by atoms with Crippen LogP contribution in [0.5, 0.6) is 0 Å². The number of carboxylic acid groups (broad SMARTS) is 1. The largest absolute Gasteiger partial charge is 0.465 e. The summed E-state index contributed by atoms with van der Waals surface area (Å²) in [7, 11) is 0. The van der Waals surface area contributed by atoms with Crippen molar-refractivity contribution in [1.29, 1.82) is 0 Å². The number of nitrogens with zero attached hydrogens (tertiary/aromatic N) is 2. The maximum absolute atomic E-state index is 13.2. The van der Waals surface area contributed by atoms with Gasteiger partial charge in [-0.15, -0.1) is 0 Å². The van der Waals surface area contributed by atoms with E-state index in [9.17, 15) is 18.4 Å². The Morgan fingerprint density at radius 2 is 2.00 bits per heavy atom. The van der Waals surface area contributed by atoms with Gasteiger partial charge in [-0.25, -0.2) is 18.6 Å². The second-order valence-corrected chi connectivity index (χ2v) is 8.19. The van der Waals surface area contributed by atoms with Gasteiger partial charge in [0.15, 0.2) is 0 Å². The number of hydrazone groups is 1.